The number of anilines is 1. The van der Waals surface area contributed by atoms with E-state index in [2.05, 4.69) is 35.4 Å². The zero-order valence-electron chi connectivity index (χ0n) is 23.5. The largest absolute Gasteiger partial charge is 0.478 e. The van der Waals surface area contributed by atoms with Crippen LogP contribution in [0.1, 0.15) is 25.7 Å². The quantitative estimate of drug-likeness (QED) is 0.0676. The predicted octanol–water partition coefficient (Wildman–Crippen LogP) is 6.06. The lowest BCUT2D eigenvalue weighted by Crippen LogP contribution is -2.26. The van der Waals surface area contributed by atoms with Gasteiger partial charge in [0.2, 0.25) is 23.8 Å². The second-order valence-electron chi connectivity index (χ2n) is 8.92. The SMILES string of the molecule is NC(=NCCCCCC(=NC(N)=NC(N)=Nc1ccc(Cl)cc1)NP1C=CC=CP1C(=O)O)N=C(N)Nc1ccc(Cl)cc1. The molecule has 0 fully saturated rings. The van der Waals surface area contributed by atoms with Crippen LogP contribution in [0.4, 0.5) is 16.2 Å². The molecule has 232 valence electrons. The van der Waals surface area contributed by atoms with Gasteiger partial charge < -0.3 is 38.4 Å². The summed E-state index contributed by atoms with van der Waals surface area (Å²) in [6, 6.07) is 13.7. The van der Waals surface area contributed by atoms with E-state index in [1.807, 2.05) is 11.9 Å². The highest BCUT2D eigenvalue weighted by Gasteiger charge is 2.26. The molecule has 1 heterocycles. The van der Waals surface area contributed by atoms with E-state index in [-0.39, 0.29) is 23.8 Å². The van der Waals surface area contributed by atoms with Gasteiger partial charge in [-0.1, -0.05) is 41.8 Å². The number of hydrogen-bond acceptors (Lipinski definition) is 3. The van der Waals surface area contributed by atoms with Crippen molar-refractivity contribution in [2.24, 2.45) is 47.9 Å². The number of aliphatic imine (C=N–C) groups is 5. The molecule has 0 aliphatic carbocycles. The fraction of sp³-hybridized carbons (Fsp3) is 0.185. The molecule has 2 aromatic rings. The zero-order chi connectivity index (χ0) is 31.9. The average molecular weight is 676 g/mol. The third-order valence-corrected chi connectivity index (χ3v) is 11.2. The first kappa shape index (κ1) is 34.5. The number of guanidine groups is 4. The summed E-state index contributed by atoms with van der Waals surface area (Å²) < 4.78 is 0. The van der Waals surface area contributed by atoms with Gasteiger partial charge in [-0.25, -0.2) is 14.8 Å². The standard InChI is InChI=1S/C27H33Cl2N11O2P2/c28-18-7-11-20(12-8-18)35-24(31)38-23(30)34-15-3-1-2-6-22(40-44-17-5-4-16-43(44)27(41)42)37-26(33)39-25(32)36-21-13-9-19(29)10-14-21/h4-5,7-14,16-17H,1-3,6,15H2,(H,41,42)(H5,30,31,34,35,38)(H5,32,33,36,37,39,40). The topological polar surface area (TPSA) is 227 Å². The van der Waals surface area contributed by atoms with Gasteiger partial charge in [-0.2, -0.15) is 9.98 Å². The average Bonchev–Trinajstić information content (AvgIpc) is 2.97. The Bertz CT molecular complexity index is 1490. The van der Waals surface area contributed by atoms with Crippen LogP contribution in [-0.4, -0.2) is 47.0 Å². The molecule has 0 saturated heterocycles. The minimum atomic E-state index is -1.44. The number of unbranched alkanes of at least 4 members (excludes halogenated alkanes) is 2. The number of carboxylic acid groups (broad SMARTS) is 1. The summed E-state index contributed by atoms with van der Waals surface area (Å²) in [5.74, 6) is 4.00. The molecule has 2 atom stereocenters. The minimum Gasteiger partial charge on any atom is -0.478 e. The van der Waals surface area contributed by atoms with Gasteiger partial charge in [-0.3, -0.25) is 4.99 Å². The smallest absolute Gasteiger partial charge is 0.334 e. The van der Waals surface area contributed by atoms with Crippen LogP contribution in [0.3, 0.4) is 0 Å². The highest BCUT2D eigenvalue weighted by Crippen LogP contribution is 2.70. The first-order valence-corrected chi connectivity index (χ1v) is 17.5. The number of rotatable bonds is 10. The van der Waals surface area contributed by atoms with Crippen LogP contribution < -0.4 is 33.3 Å². The van der Waals surface area contributed by atoms with Crippen LogP contribution in [-0.2, 0) is 0 Å². The molecule has 2 unspecified atom stereocenters. The fourth-order valence-electron chi connectivity index (χ4n) is 3.52. The molecule has 0 saturated carbocycles. The lowest BCUT2D eigenvalue weighted by atomic mass is 10.2. The lowest BCUT2D eigenvalue weighted by Gasteiger charge is -2.23. The molecule has 1 aliphatic rings. The molecule has 0 aromatic heterocycles. The van der Waals surface area contributed by atoms with Gasteiger partial charge in [0.05, 0.1) is 21.1 Å². The Labute approximate surface area is 267 Å². The Balaban J connectivity index is 1.59. The van der Waals surface area contributed by atoms with Gasteiger partial charge in [0.25, 0.3) is 0 Å². The summed E-state index contributed by atoms with van der Waals surface area (Å²) in [5, 5.41) is 17.0. The highest BCUT2D eigenvalue weighted by atomic mass is 35.5. The first-order valence-electron chi connectivity index (χ1n) is 13.2. The Morgan fingerprint density at radius 2 is 1.45 bits per heavy atom. The third kappa shape index (κ3) is 12.7. The van der Waals surface area contributed by atoms with Crippen molar-refractivity contribution in [1.29, 1.82) is 0 Å². The fourth-order valence-corrected chi connectivity index (χ4v) is 8.05. The number of halogens is 2. The van der Waals surface area contributed by atoms with E-state index < -0.39 is 21.1 Å². The third-order valence-electron chi connectivity index (χ3n) is 5.48. The molecule has 0 spiro atoms. The number of nitrogens with one attached hydrogen (secondary N) is 2. The Kier molecular flexibility index (Phi) is 14.1. The highest BCUT2D eigenvalue weighted by molar-refractivity contribution is 8.38. The van der Waals surface area contributed by atoms with Gasteiger partial charge in [-0.05, 0) is 73.0 Å². The van der Waals surface area contributed by atoms with Crippen molar-refractivity contribution in [2.75, 3.05) is 11.9 Å². The summed E-state index contributed by atoms with van der Waals surface area (Å²) >= 11 is 11.8. The normalized spacial score (nSPS) is 17.9. The van der Waals surface area contributed by atoms with Crippen LogP contribution >= 0.6 is 38.6 Å². The van der Waals surface area contributed by atoms with Crippen LogP contribution in [0.15, 0.2) is 97.3 Å². The molecule has 44 heavy (non-hydrogen) atoms. The second kappa shape index (κ2) is 17.9. The summed E-state index contributed by atoms with van der Waals surface area (Å²) in [4.78, 5) is 32.8. The maximum atomic E-state index is 11.8. The van der Waals surface area contributed by atoms with Crippen molar-refractivity contribution in [1.82, 2.24) is 5.09 Å². The summed E-state index contributed by atoms with van der Waals surface area (Å²) in [6.45, 7) is 0.440. The minimum absolute atomic E-state index is 0.0525. The van der Waals surface area contributed by atoms with E-state index in [0.717, 1.165) is 12.8 Å². The molecule has 0 radical (unpaired) electrons. The molecule has 1 aliphatic heterocycles. The van der Waals surface area contributed by atoms with E-state index in [9.17, 15) is 9.90 Å². The van der Waals surface area contributed by atoms with Crippen molar-refractivity contribution in [2.45, 2.75) is 25.7 Å². The molecule has 11 N–H and O–H groups in total. The molecular weight excluding hydrogens is 643 g/mol. The van der Waals surface area contributed by atoms with Crippen LogP contribution in [0, 0.1) is 0 Å². The predicted molar refractivity (Wildman–Crippen MR) is 187 cm³/mol. The molecule has 0 bridgehead atoms. The molecule has 2 aromatic carbocycles. The maximum absolute atomic E-state index is 11.8. The van der Waals surface area contributed by atoms with Gasteiger partial charge in [0.15, 0.2) is 0 Å². The molecule has 3 rings (SSSR count). The van der Waals surface area contributed by atoms with Crippen molar-refractivity contribution in [3.05, 3.63) is 82.4 Å². The Hall–Kier alpha value is -4.02. The number of nitrogens with two attached hydrogens (primary N) is 4. The number of allylic oxidation sites excluding steroid dienone is 2. The van der Waals surface area contributed by atoms with Crippen molar-refractivity contribution in [3.63, 3.8) is 0 Å². The number of hydrogen-bond donors (Lipinski definition) is 7. The number of benzene rings is 2. The zero-order valence-corrected chi connectivity index (χ0v) is 26.8. The van der Waals surface area contributed by atoms with Gasteiger partial charge in [-0.15, -0.1) is 0 Å². The number of amidine groups is 1. The Morgan fingerprint density at radius 3 is 2.14 bits per heavy atom. The second-order valence-corrected chi connectivity index (χ2v) is 15.0. The molecule has 13 nitrogen and oxygen atoms in total. The van der Waals surface area contributed by atoms with Crippen LogP contribution in [0.5, 0.6) is 0 Å². The summed E-state index contributed by atoms with van der Waals surface area (Å²) in [7, 11) is -2.66. The van der Waals surface area contributed by atoms with Gasteiger partial charge >= 0.3 is 5.71 Å². The number of carbonyl (C=O) groups is 1. The van der Waals surface area contributed by atoms with E-state index in [4.69, 9.17) is 46.1 Å². The lowest BCUT2D eigenvalue weighted by molar-refractivity contribution is 0.221. The van der Waals surface area contributed by atoms with E-state index in [1.54, 1.807) is 60.4 Å². The molecule has 17 heteroatoms. The van der Waals surface area contributed by atoms with Crippen molar-refractivity contribution < 1.29 is 9.90 Å². The molecule has 0 amide bonds. The van der Waals surface area contributed by atoms with Crippen LogP contribution in [0.25, 0.3) is 0 Å². The number of nitrogens with zero attached hydrogens (tertiary/aromatic N) is 5. The molecular formula is C27H33Cl2N11O2P2. The van der Waals surface area contributed by atoms with Gasteiger partial charge in [0, 0.05) is 28.7 Å². The Morgan fingerprint density at radius 1 is 0.795 bits per heavy atom. The van der Waals surface area contributed by atoms with E-state index in [1.165, 1.54) is 0 Å². The first-order chi connectivity index (χ1) is 21.1. The van der Waals surface area contributed by atoms with E-state index >= 15 is 0 Å². The van der Waals surface area contributed by atoms with Crippen molar-refractivity contribution >= 4 is 85.3 Å². The van der Waals surface area contributed by atoms with E-state index in [0.29, 0.717) is 46.6 Å². The van der Waals surface area contributed by atoms with Gasteiger partial charge in [0.1, 0.15) is 5.84 Å². The summed E-state index contributed by atoms with van der Waals surface area (Å²) in [5.41, 5.74) is 24.2. The van der Waals surface area contributed by atoms with Crippen molar-refractivity contribution in [3.8, 4) is 0 Å². The summed E-state index contributed by atoms with van der Waals surface area (Å²) in [6.07, 6.45) is 6.24. The van der Waals surface area contributed by atoms with Crippen LogP contribution in [0.2, 0.25) is 10.0 Å². The maximum Gasteiger partial charge on any atom is 0.334 e. The monoisotopic (exact) mass is 675 g/mol.